The highest BCUT2D eigenvalue weighted by molar-refractivity contribution is 5.60. The molecule has 0 aromatic heterocycles. The number of nitrogens with one attached hydrogen (secondary N) is 4. The fourth-order valence-corrected chi connectivity index (χ4v) is 11.5. The third-order valence-electron chi connectivity index (χ3n) is 16.0. The molecule has 0 fully saturated rings. The zero-order chi connectivity index (χ0) is 61.3. The van der Waals surface area contributed by atoms with Crippen LogP contribution in [0.25, 0.3) is 0 Å². The summed E-state index contributed by atoms with van der Waals surface area (Å²) in [5.74, 6) is -0.0601. The molecule has 0 spiro atoms. The first-order chi connectivity index (χ1) is 41.6. The van der Waals surface area contributed by atoms with E-state index in [1.807, 2.05) is 165 Å². The van der Waals surface area contributed by atoms with Gasteiger partial charge in [-0.1, -0.05) is 48.5 Å². The largest absolute Gasteiger partial charge is 0.489 e. The number of nitrogens with zero attached hydrogens (tertiary/aromatic N) is 8. The van der Waals surface area contributed by atoms with Crippen LogP contribution in [0.5, 0.6) is 23.0 Å². The third-order valence-corrected chi connectivity index (χ3v) is 16.0. The summed E-state index contributed by atoms with van der Waals surface area (Å²) in [4.78, 5) is 0. The molecule has 86 heavy (non-hydrogen) atoms. The van der Waals surface area contributed by atoms with E-state index >= 15 is 0 Å². The van der Waals surface area contributed by atoms with Gasteiger partial charge in [0.1, 0.15) is 49.4 Å². The average molecular weight is 1130 g/mol. The normalized spacial score (nSPS) is 15.8. The Morgan fingerprint density at radius 1 is 0.267 bits per heavy atom. The van der Waals surface area contributed by atoms with Crippen LogP contribution in [0.1, 0.15) is 124 Å². The number of rotatable bonds is 16. The van der Waals surface area contributed by atoms with Gasteiger partial charge in [0.05, 0.1) is 117 Å². The number of benzene rings is 5. The van der Waals surface area contributed by atoms with E-state index in [1.54, 1.807) is 0 Å². The van der Waals surface area contributed by atoms with E-state index in [0.717, 1.165) is 44.5 Å². The van der Waals surface area contributed by atoms with Crippen molar-refractivity contribution in [1.29, 1.82) is 42.1 Å². The molecule has 4 heterocycles. The number of allylic oxidation sites excluding steroid dienone is 16. The zero-order valence-corrected chi connectivity index (χ0v) is 48.7. The van der Waals surface area contributed by atoms with Crippen molar-refractivity contribution in [3.05, 3.63) is 244 Å². The first kappa shape index (κ1) is 59.0. The molecule has 16 nitrogen and oxygen atoms in total. The fourth-order valence-electron chi connectivity index (χ4n) is 11.5. The summed E-state index contributed by atoms with van der Waals surface area (Å²) in [5, 5.41) is 94.0. The number of hydrogen-bond acceptors (Lipinski definition) is 16. The molecule has 4 N–H and O–H groups in total. The quantitative estimate of drug-likeness (QED) is 0.0715. The second kappa shape index (κ2) is 25.6. The van der Waals surface area contributed by atoms with Crippen molar-refractivity contribution >= 4 is 0 Å². The summed E-state index contributed by atoms with van der Waals surface area (Å²) in [6.07, 6.45) is 0. The summed E-state index contributed by atoms with van der Waals surface area (Å²) in [6, 6.07) is 51.8. The Morgan fingerprint density at radius 3 is 0.558 bits per heavy atom. The standard InChI is InChI=1S/C70H58N12O4/c1-39-59(27-71)67(60(28-72)40(2)79-39)47-9-17-55(18-10-47)83-35-51-25-53(37-85-57-21-13-49(14-22-57)69-63(31-75)43(5)81-44(6)64(69)32-76)54(38-86-58-23-15-50(16-24-58)70-65(33-77)45(7)82-46(8)66(70)34-78)26-52(51)36-84-56-19-11-48(12-20-56)68-61(29-73)41(3)80-42(4)62(68)30-74/h9-26,67-70,79-82H,35-38H2,1-8H3. The Labute approximate surface area is 501 Å². The van der Waals surface area contributed by atoms with Crippen LogP contribution in [0.3, 0.4) is 0 Å². The molecular weight excluding hydrogens is 1070 g/mol. The van der Waals surface area contributed by atoms with Crippen LogP contribution in [0.4, 0.5) is 0 Å². The zero-order valence-electron chi connectivity index (χ0n) is 48.7. The molecule has 0 amide bonds. The van der Waals surface area contributed by atoms with Gasteiger partial charge in [0.2, 0.25) is 0 Å². The minimum Gasteiger partial charge on any atom is -0.489 e. The van der Waals surface area contributed by atoms with Crippen molar-refractivity contribution in [3.8, 4) is 71.6 Å². The molecule has 0 radical (unpaired) electrons. The lowest BCUT2D eigenvalue weighted by Gasteiger charge is -2.26. The molecule has 0 bridgehead atoms. The fraction of sp³-hybridized carbons (Fsp3) is 0.229. The molecule has 16 heteroatoms. The molecular formula is C70H58N12O4. The van der Waals surface area contributed by atoms with Crippen LogP contribution in [-0.2, 0) is 26.4 Å². The van der Waals surface area contributed by atoms with Crippen molar-refractivity contribution in [1.82, 2.24) is 21.3 Å². The highest BCUT2D eigenvalue weighted by atomic mass is 16.5. The van der Waals surface area contributed by atoms with Crippen LogP contribution >= 0.6 is 0 Å². The van der Waals surface area contributed by atoms with Gasteiger partial charge in [0.25, 0.3) is 0 Å². The lowest BCUT2D eigenvalue weighted by molar-refractivity contribution is 0.275. The maximum absolute atomic E-state index is 10.2. The summed E-state index contributed by atoms with van der Waals surface area (Å²) in [6.45, 7) is 14.9. The van der Waals surface area contributed by atoms with Gasteiger partial charge in [-0.05, 0) is 161 Å². The number of ether oxygens (including phenoxy) is 4. The number of nitriles is 8. The number of hydrogen-bond donors (Lipinski definition) is 4. The van der Waals surface area contributed by atoms with E-state index < -0.39 is 23.7 Å². The molecule has 4 aliphatic heterocycles. The molecule has 0 aliphatic carbocycles. The Kier molecular flexibility index (Phi) is 17.6. The molecule has 9 rings (SSSR count). The summed E-state index contributed by atoms with van der Waals surface area (Å²) in [5.41, 5.74) is 15.2. The highest BCUT2D eigenvalue weighted by Gasteiger charge is 2.33. The van der Waals surface area contributed by atoms with Crippen molar-refractivity contribution in [2.24, 2.45) is 0 Å². The van der Waals surface area contributed by atoms with E-state index in [9.17, 15) is 42.1 Å². The monoisotopic (exact) mass is 1130 g/mol. The van der Waals surface area contributed by atoms with E-state index in [1.165, 1.54) is 0 Å². The second-order valence-corrected chi connectivity index (χ2v) is 21.3. The van der Waals surface area contributed by atoms with E-state index in [0.29, 0.717) is 113 Å². The van der Waals surface area contributed by atoms with Crippen molar-refractivity contribution < 1.29 is 18.9 Å². The minimum absolute atomic E-state index is 0.0764. The Balaban J connectivity index is 1.07. The topological polar surface area (TPSA) is 275 Å². The molecule has 0 saturated carbocycles. The molecule has 0 atom stereocenters. The van der Waals surface area contributed by atoms with E-state index in [4.69, 9.17) is 18.9 Å². The lowest BCUT2D eigenvalue weighted by atomic mass is 9.81. The maximum atomic E-state index is 10.2. The van der Waals surface area contributed by atoms with Gasteiger partial charge in [-0.25, -0.2) is 0 Å². The molecule has 4 aliphatic rings. The van der Waals surface area contributed by atoms with E-state index in [2.05, 4.69) is 69.8 Å². The molecule has 5 aromatic rings. The molecule has 5 aromatic carbocycles. The van der Waals surface area contributed by atoms with Gasteiger partial charge in [0.15, 0.2) is 0 Å². The Morgan fingerprint density at radius 2 is 0.419 bits per heavy atom. The predicted molar refractivity (Wildman–Crippen MR) is 320 cm³/mol. The SMILES string of the molecule is CC1=C(C#N)C(c2ccc(OCc3cc(COc4ccc(C5C(C#N)=C(C)NC(C)=C5C#N)cc4)c(COc4ccc(C5C(C#N)=C(C)NC(C)=C5C#N)cc4)cc3COc3ccc(C4C(C#N)=C(C)NC(C)=C4C#N)cc3)cc2)C(C#N)=C(C)N1. The smallest absolute Gasteiger partial charge is 0.119 e. The minimum atomic E-state index is -0.547. The van der Waals surface area contributed by atoms with Crippen LogP contribution in [0.15, 0.2) is 199 Å². The Bertz CT molecular complexity index is 3540. The number of dihydropyridines is 4. The molecule has 0 saturated heterocycles. The molecule has 0 unspecified atom stereocenters. The van der Waals surface area contributed by atoms with Gasteiger partial charge in [-0.15, -0.1) is 0 Å². The van der Waals surface area contributed by atoms with E-state index in [-0.39, 0.29) is 26.4 Å². The van der Waals surface area contributed by atoms with Crippen LogP contribution < -0.4 is 40.2 Å². The second-order valence-electron chi connectivity index (χ2n) is 21.3. The first-order valence-corrected chi connectivity index (χ1v) is 27.6. The molecule has 422 valence electrons. The van der Waals surface area contributed by atoms with Gasteiger partial charge < -0.3 is 40.2 Å². The summed E-state index contributed by atoms with van der Waals surface area (Å²) in [7, 11) is 0. The highest BCUT2D eigenvalue weighted by Crippen LogP contribution is 2.42. The Hall–Kier alpha value is -11.7. The van der Waals surface area contributed by atoms with Gasteiger partial charge in [-0.2, -0.15) is 42.1 Å². The van der Waals surface area contributed by atoms with Crippen molar-refractivity contribution in [3.63, 3.8) is 0 Å². The predicted octanol–water partition coefficient (Wildman–Crippen LogP) is 13.1. The van der Waals surface area contributed by atoms with Crippen LogP contribution in [0, 0.1) is 90.6 Å². The van der Waals surface area contributed by atoms with Gasteiger partial charge >= 0.3 is 0 Å². The average Bonchev–Trinajstić information content (AvgIpc) is 1.39. The van der Waals surface area contributed by atoms with Crippen LogP contribution in [0.2, 0.25) is 0 Å². The van der Waals surface area contributed by atoms with Gasteiger partial charge in [-0.3, -0.25) is 0 Å². The summed E-state index contributed by atoms with van der Waals surface area (Å²) < 4.78 is 26.3. The summed E-state index contributed by atoms with van der Waals surface area (Å²) >= 11 is 0. The first-order valence-electron chi connectivity index (χ1n) is 27.6. The van der Waals surface area contributed by atoms with Crippen molar-refractivity contribution in [2.75, 3.05) is 0 Å². The maximum Gasteiger partial charge on any atom is 0.119 e. The van der Waals surface area contributed by atoms with Gasteiger partial charge in [0, 0.05) is 45.6 Å². The van der Waals surface area contributed by atoms with Crippen LogP contribution in [-0.4, -0.2) is 0 Å². The third kappa shape index (κ3) is 11.8. The van der Waals surface area contributed by atoms with Crippen molar-refractivity contribution in [2.45, 2.75) is 105 Å². The lowest BCUT2D eigenvalue weighted by Crippen LogP contribution is -2.23.